The van der Waals surface area contributed by atoms with E-state index >= 15 is 0 Å². The minimum atomic E-state index is -0.496. The van der Waals surface area contributed by atoms with Gasteiger partial charge in [0, 0.05) is 24.7 Å². The first-order valence-corrected chi connectivity index (χ1v) is 12.3. The summed E-state index contributed by atoms with van der Waals surface area (Å²) in [7, 11) is 1.51. The van der Waals surface area contributed by atoms with Gasteiger partial charge in [0.2, 0.25) is 0 Å². The van der Waals surface area contributed by atoms with Gasteiger partial charge in [-0.15, -0.1) is 0 Å². The van der Waals surface area contributed by atoms with Crippen molar-refractivity contribution in [3.05, 3.63) is 11.1 Å². The molecule has 2 saturated heterocycles. The van der Waals surface area contributed by atoms with Crippen molar-refractivity contribution in [3.8, 4) is 0 Å². The highest BCUT2D eigenvalue weighted by atomic mass is 16.5. The van der Waals surface area contributed by atoms with E-state index in [1.54, 1.807) is 10.5 Å². The lowest BCUT2D eigenvalue weighted by atomic mass is 9.42. The summed E-state index contributed by atoms with van der Waals surface area (Å²) < 4.78 is 11.1. The Morgan fingerprint density at radius 1 is 1.23 bits per heavy atom. The number of carbonyl (C=O) groups is 2. The molecule has 4 bridgehead atoms. The minimum Gasteiger partial charge on any atom is -0.469 e. The van der Waals surface area contributed by atoms with Crippen LogP contribution in [0.15, 0.2) is 11.1 Å². The maximum atomic E-state index is 13.0. The average Bonchev–Trinajstić information content (AvgIpc) is 3.37. The van der Waals surface area contributed by atoms with Gasteiger partial charge in [0.05, 0.1) is 43.1 Å². The smallest absolute Gasteiger partial charge is 0.309 e. The fourth-order valence-electron chi connectivity index (χ4n) is 9.99. The van der Waals surface area contributed by atoms with Crippen LogP contribution in [0.2, 0.25) is 0 Å². The topological polar surface area (TPSA) is 77.3 Å². The number of hydrogen-bond donors (Lipinski definition) is 2. The second-order valence-corrected chi connectivity index (χ2v) is 11.5. The summed E-state index contributed by atoms with van der Waals surface area (Å²) in [4.78, 5) is 26.7. The SMILES string of the molecule is COC(=O)[C@@H]1C[C@]23C4=C(CC[C@H]5C[NH+]6C[C@@H](C)[C@H](C[C@H](O)[C@]52COC(C)=O)C63)CC[C@@H]41. The van der Waals surface area contributed by atoms with Crippen LogP contribution in [-0.2, 0) is 19.1 Å². The molecule has 170 valence electrons. The number of piperidine rings is 1. The Balaban J connectivity index is 1.61. The molecule has 6 aliphatic rings. The van der Waals surface area contributed by atoms with E-state index in [0.29, 0.717) is 23.8 Å². The van der Waals surface area contributed by atoms with Gasteiger partial charge in [-0.05, 0) is 44.4 Å². The Kier molecular flexibility index (Phi) is 4.28. The van der Waals surface area contributed by atoms with Gasteiger partial charge in [-0.2, -0.15) is 0 Å². The average molecular weight is 431 g/mol. The van der Waals surface area contributed by atoms with Gasteiger partial charge in [0.1, 0.15) is 12.6 Å². The van der Waals surface area contributed by atoms with Crippen molar-refractivity contribution in [1.29, 1.82) is 0 Å². The summed E-state index contributed by atoms with van der Waals surface area (Å²) in [5, 5.41) is 11.9. The molecule has 0 aromatic rings. The molecule has 6 heteroatoms. The highest BCUT2D eigenvalue weighted by molar-refractivity contribution is 5.75. The third-order valence-electron chi connectivity index (χ3n) is 10.7. The fraction of sp³-hybridized carbons (Fsp3) is 0.840. The van der Waals surface area contributed by atoms with Gasteiger partial charge in [0.25, 0.3) is 0 Å². The summed E-state index contributed by atoms with van der Waals surface area (Å²) in [6, 6.07) is 0.413. The van der Waals surface area contributed by atoms with Gasteiger partial charge in [0.15, 0.2) is 0 Å². The lowest BCUT2D eigenvalue weighted by Gasteiger charge is -2.65. The summed E-state index contributed by atoms with van der Waals surface area (Å²) in [6.07, 6.45) is 5.29. The molecular weight excluding hydrogens is 394 g/mol. The Morgan fingerprint density at radius 3 is 2.74 bits per heavy atom. The van der Waals surface area contributed by atoms with E-state index in [2.05, 4.69) is 6.92 Å². The molecule has 2 unspecified atom stereocenters. The standard InChI is InChI=1S/C25H35NO5/c1-13-10-26-11-16-6-4-15-5-7-17-19(23(29)30-3)9-24(21(15)17)22(26)18(13)8-20(28)25(16,24)12-31-14(2)27/h13,16-20,22,28H,4-12H2,1-3H3/p+1/t13-,16+,17-,18+,19-,20+,22?,24-,25+/m1/s1. The van der Waals surface area contributed by atoms with Crippen LogP contribution < -0.4 is 4.90 Å². The molecule has 6 nitrogen and oxygen atoms in total. The lowest BCUT2D eigenvalue weighted by molar-refractivity contribution is -0.938. The number of rotatable bonds is 3. The monoisotopic (exact) mass is 430 g/mol. The van der Waals surface area contributed by atoms with Gasteiger partial charge >= 0.3 is 11.9 Å². The van der Waals surface area contributed by atoms with Crippen LogP contribution in [-0.4, -0.2) is 56.0 Å². The zero-order valence-corrected chi connectivity index (χ0v) is 19.0. The molecule has 0 amide bonds. The molecule has 10 atom stereocenters. The minimum absolute atomic E-state index is 0.0936. The largest absolute Gasteiger partial charge is 0.469 e. The second-order valence-electron chi connectivity index (χ2n) is 11.5. The predicted octanol–water partition coefficient (Wildman–Crippen LogP) is 1.13. The van der Waals surface area contributed by atoms with Gasteiger partial charge in [-0.1, -0.05) is 18.1 Å². The summed E-state index contributed by atoms with van der Waals surface area (Å²) in [5.41, 5.74) is 2.33. The summed E-state index contributed by atoms with van der Waals surface area (Å²) >= 11 is 0. The number of quaternary nitrogens is 1. The quantitative estimate of drug-likeness (QED) is 0.519. The van der Waals surface area contributed by atoms with Crippen LogP contribution in [0.5, 0.6) is 0 Å². The van der Waals surface area contributed by atoms with Crippen LogP contribution >= 0.6 is 0 Å². The number of hydrogen-bond acceptors (Lipinski definition) is 5. The first kappa shape index (κ1) is 20.2. The third-order valence-corrected chi connectivity index (χ3v) is 10.7. The molecule has 2 heterocycles. The molecule has 2 saturated carbocycles. The first-order valence-electron chi connectivity index (χ1n) is 12.3. The highest BCUT2D eigenvalue weighted by Crippen LogP contribution is 2.74. The second kappa shape index (κ2) is 6.57. The number of methoxy groups -OCH3 is 1. The van der Waals surface area contributed by atoms with Crippen LogP contribution in [0.1, 0.15) is 52.4 Å². The van der Waals surface area contributed by atoms with Crippen LogP contribution in [0.3, 0.4) is 0 Å². The Morgan fingerprint density at radius 2 is 2.00 bits per heavy atom. The van der Waals surface area contributed by atoms with Crippen LogP contribution in [0.4, 0.5) is 0 Å². The molecular formula is C25H36NO5+. The first-order chi connectivity index (χ1) is 14.8. The number of carbonyl (C=O) groups excluding carboxylic acids is 2. The molecule has 4 fully saturated rings. The summed E-state index contributed by atoms with van der Waals surface area (Å²) in [5.74, 6) is 1.07. The van der Waals surface area contributed by atoms with E-state index in [1.165, 1.54) is 19.6 Å². The van der Waals surface area contributed by atoms with E-state index < -0.39 is 11.5 Å². The number of aliphatic hydroxyl groups excluding tert-OH is 1. The molecule has 6 rings (SSSR count). The molecule has 0 aromatic carbocycles. The fourth-order valence-corrected chi connectivity index (χ4v) is 9.99. The maximum Gasteiger partial charge on any atom is 0.309 e. The molecule has 1 spiro atoms. The number of allylic oxidation sites excluding steroid dienone is 1. The normalized spacial score (nSPS) is 51.4. The van der Waals surface area contributed by atoms with Crippen molar-refractivity contribution in [2.75, 3.05) is 26.8 Å². The number of ether oxygens (including phenoxy) is 2. The lowest BCUT2D eigenvalue weighted by Crippen LogP contribution is -3.19. The third kappa shape index (κ3) is 2.26. The molecule has 0 aromatic heterocycles. The van der Waals surface area contributed by atoms with Gasteiger partial charge < -0.3 is 19.5 Å². The number of aliphatic hydroxyl groups is 1. The van der Waals surface area contributed by atoms with Gasteiger partial charge in [-0.3, -0.25) is 9.59 Å². The van der Waals surface area contributed by atoms with Crippen LogP contribution in [0, 0.1) is 40.4 Å². The van der Waals surface area contributed by atoms with Crippen LogP contribution in [0.25, 0.3) is 0 Å². The number of nitrogens with one attached hydrogen (secondary N) is 1. The van der Waals surface area contributed by atoms with Crippen molar-refractivity contribution in [1.82, 2.24) is 0 Å². The van der Waals surface area contributed by atoms with E-state index in [9.17, 15) is 14.7 Å². The van der Waals surface area contributed by atoms with Gasteiger partial charge in [-0.25, -0.2) is 0 Å². The Labute approximate surface area is 184 Å². The molecule has 4 aliphatic carbocycles. The molecule has 2 aliphatic heterocycles. The van der Waals surface area contributed by atoms with Crippen molar-refractivity contribution >= 4 is 11.9 Å². The van der Waals surface area contributed by atoms with E-state index in [0.717, 1.165) is 51.6 Å². The summed E-state index contributed by atoms with van der Waals surface area (Å²) in [6.45, 7) is 6.32. The zero-order chi connectivity index (χ0) is 21.7. The maximum absolute atomic E-state index is 13.0. The highest BCUT2D eigenvalue weighted by Gasteiger charge is 2.80. The molecule has 31 heavy (non-hydrogen) atoms. The van der Waals surface area contributed by atoms with E-state index in [-0.39, 0.29) is 35.8 Å². The van der Waals surface area contributed by atoms with Crippen molar-refractivity contribution < 1.29 is 29.1 Å². The van der Waals surface area contributed by atoms with Crippen molar-refractivity contribution in [2.24, 2.45) is 40.4 Å². The van der Waals surface area contributed by atoms with E-state index in [1.807, 2.05) is 0 Å². The number of esters is 2. The predicted molar refractivity (Wildman–Crippen MR) is 112 cm³/mol. The van der Waals surface area contributed by atoms with E-state index in [4.69, 9.17) is 9.47 Å². The molecule has 0 radical (unpaired) electrons. The van der Waals surface area contributed by atoms with Crippen molar-refractivity contribution in [2.45, 2.75) is 64.5 Å². The van der Waals surface area contributed by atoms with Crippen molar-refractivity contribution in [3.63, 3.8) is 0 Å². The Hall–Kier alpha value is -1.40. The Bertz CT molecular complexity index is 868. The molecule has 2 N–H and O–H groups in total. The zero-order valence-electron chi connectivity index (χ0n) is 19.0.